The number of likely N-dealkylation sites (tertiary alicyclic amines) is 1. The lowest BCUT2D eigenvalue weighted by Crippen LogP contribution is -2.59. The third-order valence-corrected chi connectivity index (χ3v) is 4.77. The number of hydrogen-bond acceptors (Lipinski definition) is 3. The molecule has 2 N–H and O–H groups in total. The highest BCUT2D eigenvalue weighted by atomic mass is 16.4. The molecular formula is C14H24N2O4. The lowest BCUT2D eigenvalue weighted by Gasteiger charge is -2.45. The van der Waals surface area contributed by atoms with Crippen LogP contribution in [0.5, 0.6) is 0 Å². The number of aliphatic hydroxyl groups excluding tert-OH is 1. The predicted molar refractivity (Wildman–Crippen MR) is 73.3 cm³/mol. The van der Waals surface area contributed by atoms with Crippen LogP contribution in [0.4, 0.5) is 4.79 Å². The van der Waals surface area contributed by atoms with Crippen LogP contribution >= 0.6 is 0 Å². The molecule has 0 radical (unpaired) electrons. The molecular weight excluding hydrogens is 260 g/mol. The molecule has 0 spiro atoms. The number of amides is 2. The molecule has 3 unspecified atom stereocenters. The standard InChI is InChI=1S/C14H24N2O4/c1-9(13(18)19)10-7-16(8-10)14(20)15(2)11-5-3-4-6-12(11)17/h9-12,17H,3-8H2,1-2H3,(H,18,19). The molecule has 0 aromatic rings. The van der Waals surface area contributed by atoms with Crippen molar-refractivity contribution in [3.8, 4) is 0 Å². The number of urea groups is 1. The zero-order valence-corrected chi connectivity index (χ0v) is 12.2. The zero-order chi connectivity index (χ0) is 14.9. The summed E-state index contributed by atoms with van der Waals surface area (Å²) in [5, 5.41) is 18.9. The number of rotatable bonds is 3. The van der Waals surface area contributed by atoms with E-state index in [1.165, 1.54) is 0 Å². The monoisotopic (exact) mass is 284 g/mol. The minimum absolute atomic E-state index is 0.0427. The molecule has 1 saturated carbocycles. The first-order chi connectivity index (χ1) is 9.41. The van der Waals surface area contributed by atoms with Gasteiger partial charge in [0.05, 0.1) is 18.1 Å². The van der Waals surface area contributed by atoms with Gasteiger partial charge in [-0.2, -0.15) is 0 Å². The van der Waals surface area contributed by atoms with Gasteiger partial charge in [0, 0.05) is 26.1 Å². The van der Waals surface area contributed by atoms with E-state index in [0.717, 1.165) is 25.7 Å². The molecule has 20 heavy (non-hydrogen) atoms. The van der Waals surface area contributed by atoms with Gasteiger partial charge in [-0.25, -0.2) is 4.79 Å². The number of aliphatic hydroxyl groups is 1. The molecule has 114 valence electrons. The van der Waals surface area contributed by atoms with Gasteiger partial charge in [-0.1, -0.05) is 19.8 Å². The van der Waals surface area contributed by atoms with E-state index < -0.39 is 18.0 Å². The zero-order valence-electron chi connectivity index (χ0n) is 12.2. The number of carboxylic acids is 1. The Morgan fingerprint density at radius 3 is 2.40 bits per heavy atom. The van der Waals surface area contributed by atoms with Gasteiger partial charge in [0.2, 0.25) is 0 Å². The number of carbonyl (C=O) groups is 2. The molecule has 1 aliphatic heterocycles. The lowest BCUT2D eigenvalue weighted by atomic mass is 9.87. The smallest absolute Gasteiger partial charge is 0.320 e. The normalized spacial score (nSPS) is 28.6. The fourth-order valence-electron chi connectivity index (χ4n) is 3.10. The molecule has 0 bridgehead atoms. The number of carbonyl (C=O) groups excluding carboxylic acids is 1. The number of likely N-dealkylation sites (N-methyl/N-ethyl adjacent to an activating group) is 1. The first kappa shape index (κ1) is 15.1. The highest BCUT2D eigenvalue weighted by Crippen LogP contribution is 2.28. The van der Waals surface area contributed by atoms with E-state index >= 15 is 0 Å². The highest BCUT2D eigenvalue weighted by molar-refractivity contribution is 5.76. The fourth-order valence-corrected chi connectivity index (χ4v) is 3.10. The molecule has 2 aliphatic rings. The molecule has 1 saturated heterocycles. The molecule has 6 nitrogen and oxygen atoms in total. The van der Waals surface area contributed by atoms with Gasteiger partial charge in [0.1, 0.15) is 0 Å². The third kappa shape index (κ3) is 2.90. The van der Waals surface area contributed by atoms with Crippen molar-refractivity contribution in [2.75, 3.05) is 20.1 Å². The Bertz CT molecular complexity index is 381. The first-order valence-electron chi connectivity index (χ1n) is 7.34. The number of aliphatic carboxylic acids is 1. The molecule has 0 aromatic carbocycles. The van der Waals surface area contributed by atoms with Crippen molar-refractivity contribution >= 4 is 12.0 Å². The van der Waals surface area contributed by atoms with Crippen molar-refractivity contribution in [1.29, 1.82) is 0 Å². The van der Waals surface area contributed by atoms with Crippen molar-refractivity contribution in [3.63, 3.8) is 0 Å². The van der Waals surface area contributed by atoms with E-state index in [0.29, 0.717) is 13.1 Å². The van der Waals surface area contributed by atoms with E-state index in [1.807, 2.05) is 0 Å². The Labute approximate surface area is 119 Å². The molecule has 2 fully saturated rings. The topological polar surface area (TPSA) is 81.1 Å². The van der Waals surface area contributed by atoms with Crippen molar-refractivity contribution in [1.82, 2.24) is 9.80 Å². The Hall–Kier alpha value is -1.30. The Morgan fingerprint density at radius 2 is 1.85 bits per heavy atom. The SMILES string of the molecule is CC(C(=O)O)C1CN(C(=O)N(C)C2CCCCC2O)C1. The summed E-state index contributed by atoms with van der Waals surface area (Å²) >= 11 is 0. The average Bonchev–Trinajstić information content (AvgIpc) is 2.36. The molecule has 2 amide bonds. The Kier molecular flexibility index (Phi) is 4.52. The number of nitrogens with zero attached hydrogens (tertiary/aromatic N) is 2. The van der Waals surface area contributed by atoms with E-state index in [-0.39, 0.29) is 18.0 Å². The molecule has 1 heterocycles. The second kappa shape index (κ2) is 5.99. The Morgan fingerprint density at radius 1 is 1.25 bits per heavy atom. The molecule has 0 aromatic heterocycles. The maximum Gasteiger partial charge on any atom is 0.320 e. The van der Waals surface area contributed by atoms with Crippen molar-refractivity contribution in [2.24, 2.45) is 11.8 Å². The lowest BCUT2D eigenvalue weighted by molar-refractivity contribution is -0.145. The van der Waals surface area contributed by atoms with Crippen LogP contribution in [0.2, 0.25) is 0 Å². The van der Waals surface area contributed by atoms with Gasteiger partial charge in [-0.15, -0.1) is 0 Å². The minimum Gasteiger partial charge on any atom is -0.481 e. The summed E-state index contributed by atoms with van der Waals surface area (Å²) in [7, 11) is 1.73. The number of hydrogen-bond donors (Lipinski definition) is 2. The summed E-state index contributed by atoms with van der Waals surface area (Å²) in [4.78, 5) is 26.5. The van der Waals surface area contributed by atoms with Gasteiger partial charge in [-0.3, -0.25) is 4.79 Å². The van der Waals surface area contributed by atoms with E-state index in [1.54, 1.807) is 23.8 Å². The van der Waals surface area contributed by atoms with Crippen molar-refractivity contribution < 1.29 is 19.8 Å². The largest absolute Gasteiger partial charge is 0.481 e. The quantitative estimate of drug-likeness (QED) is 0.810. The van der Waals surface area contributed by atoms with Gasteiger partial charge < -0.3 is 20.0 Å². The summed E-state index contributed by atoms with van der Waals surface area (Å²) in [5.74, 6) is -1.18. The Balaban J connectivity index is 1.85. The maximum absolute atomic E-state index is 12.3. The summed E-state index contributed by atoms with van der Waals surface area (Å²) in [5.41, 5.74) is 0. The molecule has 6 heteroatoms. The van der Waals surface area contributed by atoms with Gasteiger partial charge in [0.25, 0.3) is 0 Å². The average molecular weight is 284 g/mol. The van der Waals surface area contributed by atoms with E-state index in [2.05, 4.69) is 0 Å². The minimum atomic E-state index is -0.807. The van der Waals surface area contributed by atoms with Crippen LogP contribution in [0.3, 0.4) is 0 Å². The third-order valence-electron chi connectivity index (χ3n) is 4.77. The summed E-state index contributed by atoms with van der Waals surface area (Å²) in [6, 6.07) is -0.197. The highest BCUT2D eigenvalue weighted by Gasteiger charge is 2.40. The first-order valence-corrected chi connectivity index (χ1v) is 7.34. The summed E-state index contributed by atoms with van der Waals surface area (Å²) in [6.45, 7) is 2.68. The maximum atomic E-state index is 12.3. The van der Waals surface area contributed by atoms with E-state index in [4.69, 9.17) is 5.11 Å². The van der Waals surface area contributed by atoms with E-state index in [9.17, 15) is 14.7 Å². The van der Waals surface area contributed by atoms with Gasteiger partial charge in [-0.05, 0) is 12.8 Å². The summed E-state index contributed by atoms with van der Waals surface area (Å²) < 4.78 is 0. The fraction of sp³-hybridized carbons (Fsp3) is 0.857. The van der Waals surface area contributed by atoms with Crippen molar-refractivity contribution in [2.45, 2.75) is 44.8 Å². The van der Waals surface area contributed by atoms with Crippen LogP contribution in [-0.2, 0) is 4.79 Å². The van der Waals surface area contributed by atoms with Crippen LogP contribution in [0.25, 0.3) is 0 Å². The second-order valence-electron chi connectivity index (χ2n) is 6.10. The van der Waals surface area contributed by atoms with Gasteiger partial charge >= 0.3 is 12.0 Å². The molecule has 1 aliphatic carbocycles. The van der Waals surface area contributed by atoms with Crippen LogP contribution in [0, 0.1) is 11.8 Å². The summed E-state index contributed by atoms with van der Waals surface area (Å²) in [6.07, 6.45) is 3.21. The second-order valence-corrected chi connectivity index (χ2v) is 6.10. The molecule has 2 rings (SSSR count). The predicted octanol–water partition coefficient (Wildman–Crippen LogP) is 0.994. The number of carboxylic acid groups (broad SMARTS) is 1. The van der Waals surface area contributed by atoms with Crippen LogP contribution in [-0.4, -0.2) is 64.3 Å². The van der Waals surface area contributed by atoms with Crippen LogP contribution in [0.15, 0.2) is 0 Å². The van der Waals surface area contributed by atoms with Gasteiger partial charge in [0.15, 0.2) is 0 Å². The van der Waals surface area contributed by atoms with Crippen LogP contribution < -0.4 is 0 Å². The van der Waals surface area contributed by atoms with Crippen molar-refractivity contribution in [3.05, 3.63) is 0 Å². The van der Waals surface area contributed by atoms with Crippen LogP contribution in [0.1, 0.15) is 32.6 Å². The molecule has 3 atom stereocenters.